The van der Waals surface area contributed by atoms with Gasteiger partial charge in [-0.25, -0.2) is 0 Å². The highest BCUT2D eigenvalue weighted by Crippen LogP contribution is 2.38. The fourth-order valence-corrected chi connectivity index (χ4v) is 3.68. The van der Waals surface area contributed by atoms with E-state index in [0.717, 1.165) is 37.7 Å². The van der Waals surface area contributed by atoms with Crippen molar-refractivity contribution in [3.8, 4) is 0 Å². The summed E-state index contributed by atoms with van der Waals surface area (Å²) in [5, 5.41) is 12.7. The van der Waals surface area contributed by atoms with Crippen molar-refractivity contribution in [2.75, 3.05) is 20.1 Å². The molecule has 3 heterocycles. The van der Waals surface area contributed by atoms with Gasteiger partial charge in [-0.3, -0.25) is 9.80 Å². The Morgan fingerprint density at radius 1 is 1.28 bits per heavy atom. The Labute approximate surface area is 148 Å². The van der Waals surface area contributed by atoms with Gasteiger partial charge >= 0.3 is 0 Å². The van der Waals surface area contributed by atoms with Crippen LogP contribution in [-0.4, -0.2) is 60.9 Å². The molecular formula is C17H27N7O. The molecule has 1 aliphatic heterocycles. The maximum absolute atomic E-state index is 5.34. The van der Waals surface area contributed by atoms with E-state index in [1.807, 2.05) is 6.92 Å². The number of aromatic nitrogens is 5. The monoisotopic (exact) mass is 345 g/mol. The molecule has 0 amide bonds. The molecule has 1 saturated carbocycles. The molecule has 0 N–H and O–H groups in total. The third-order valence-corrected chi connectivity index (χ3v) is 5.60. The van der Waals surface area contributed by atoms with Gasteiger partial charge in [-0.1, -0.05) is 5.16 Å². The number of hydrogen-bond acceptors (Lipinski definition) is 7. The standard InChI is InChI=1S/C17H27N7O/c1-11(17-18-12(2)21-25-17)24-8-7-14(9-24)22(3)10-15-19-20-16(23(15)4)13-5-6-13/h11,13-14H,5-10H2,1-4H3. The quantitative estimate of drug-likeness (QED) is 0.788. The minimum absolute atomic E-state index is 0.163. The minimum atomic E-state index is 0.163. The first-order valence-corrected chi connectivity index (χ1v) is 9.15. The van der Waals surface area contributed by atoms with Gasteiger partial charge < -0.3 is 9.09 Å². The van der Waals surface area contributed by atoms with Crippen LogP contribution in [0.5, 0.6) is 0 Å². The second kappa shape index (κ2) is 6.49. The zero-order valence-corrected chi connectivity index (χ0v) is 15.5. The van der Waals surface area contributed by atoms with Gasteiger partial charge in [0, 0.05) is 32.1 Å². The first-order chi connectivity index (χ1) is 12.0. The third-order valence-electron chi connectivity index (χ3n) is 5.60. The predicted octanol–water partition coefficient (Wildman–Crippen LogP) is 1.65. The molecule has 1 aliphatic carbocycles. The Hall–Kier alpha value is -1.80. The first kappa shape index (κ1) is 16.7. The van der Waals surface area contributed by atoms with E-state index >= 15 is 0 Å². The molecule has 136 valence electrons. The smallest absolute Gasteiger partial charge is 0.243 e. The normalized spacial score (nSPS) is 22.8. The lowest BCUT2D eigenvalue weighted by molar-refractivity contribution is 0.177. The Morgan fingerprint density at radius 2 is 2.08 bits per heavy atom. The molecule has 0 spiro atoms. The topological polar surface area (TPSA) is 76.1 Å². The van der Waals surface area contributed by atoms with Crippen molar-refractivity contribution in [1.82, 2.24) is 34.7 Å². The van der Waals surface area contributed by atoms with Crippen LogP contribution in [0.3, 0.4) is 0 Å². The van der Waals surface area contributed by atoms with Crippen LogP contribution >= 0.6 is 0 Å². The van der Waals surface area contributed by atoms with Gasteiger partial charge in [-0.05, 0) is 40.2 Å². The molecule has 2 aromatic heterocycles. The molecule has 0 bridgehead atoms. The van der Waals surface area contributed by atoms with E-state index in [4.69, 9.17) is 4.52 Å². The highest BCUT2D eigenvalue weighted by atomic mass is 16.5. The van der Waals surface area contributed by atoms with E-state index in [-0.39, 0.29) is 6.04 Å². The molecule has 25 heavy (non-hydrogen) atoms. The average molecular weight is 345 g/mol. The van der Waals surface area contributed by atoms with Gasteiger partial charge in [-0.15, -0.1) is 10.2 Å². The molecule has 8 heteroatoms. The van der Waals surface area contributed by atoms with E-state index in [2.05, 4.69) is 55.7 Å². The zero-order valence-electron chi connectivity index (χ0n) is 15.5. The van der Waals surface area contributed by atoms with Crippen LogP contribution in [0.15, 0.2) is 4.52 Å². The number of likely N-dealkylation sites (N-methyl/N-ethyl adjacent to an activating group) is 1. The number of nitrogens with zero attached hydrogens (tertiary/aromatic N) is 7. The van der Waals surface area contributed by atoms with Gasteiger partial charge in [0.05, 0.1) is 12.6 Å². The van der Waals surface area contributed by atoms with Crippen molar-refractivity contribution in [3.05, 3.63) is 23.4 Å². The highest BCUT2D eigenvalue weighted by molar-refractivity contribution is 5.08. The molecule has 8 nitrogen and oxygen atoms in total. The first-order valence-electron chi connectivity index (χ1n) is 9.15. The number of rotatable bonds is 6. The number of aryl methyl sites for hydroxylation is 1. The van der Waals surface area contributed by atoms with Gasteiger partial charge in [-0.2, -0.15) is 4.98 Å². The van der Waals surface area contributed by atoms with Crippen molar-refractivity contribution in [1.29, 1.82) is 0 Å². The van der Waals surface area contributed by atoms with Crippen molar-refractivity contribution in [2.24, 2.45) is 7.05 Å². The van der Waals surface area contributed by atoms with Crippen LogP contribution in [0.1, 0.15) is 61.5 Å². The second-order valence-corrected chi connectivity index (χ2v) is 7.52. The molecule has 2 aliphatic rings. The number of hydrogen-bond donors (Lipinski definition) is 0. The Bertz CT molecular complexity index is 735. The maximum atomic E-state index is 5.34. The van der Waals surface area contributed by atoms with E-state index in [9.17, 15) is 0 Å². The zero-order chi connectivity index (χ0) is 17.6. The van der Waals surface area contributed by atoms with Crippen molar-refractivity contribution < 1.29 is 4.52 Å². The molecule has 2 aromatic rings. The van der Waals surface area contributed by atoms with E-state index < -0.39 is 0 Å². The predicted molar refractivity (Wildman–Crippen MR) is 91.9 cm³/mol. The van der Waals surface area contributed by atoms with Crippen LogP contribution in [-0.2, 0) is 13.6 Å². The van der Waals surface area contributed by atoms with Crippen LogP contribution in [0.4, 0.5) is 0 Å². The highest BCUT2D eigenvalue weighted by Gasteiger charge is 2.33. The fraction of sp³-hybridized carbons (Fsp3) is 0.765. The molecule has 1 saturated heterocycles. The Kier molecular flexibility index (Phi) is 4.33. The molecule has 2 atom stereocenters. The maximum Gasteiger partial charge on any atom is 0.243 e. The third kappa shape index (κ3) is 3.32. The summed E-state index contributed by atoms with van der Waals surface area (Å²) in [5.74, 6) is 4.25. The van der Waals surface area contributed by atoms with Gasteiger partial charge in [0.2, 0.25) is 5.89 Å². The largest absolute Gasteiger partial charge is 0.338 e. The summed E-state index contributed by atoms with van der Waals surface area (Å²) in [6, 6.07) is 0.670. The Morgan fingerprint density at radius 3 is 2.76 bits per heavy atom. The van der Waals surface area contributed by atoms with Crippen LogP contribution in [0.25, 0.3) is 0 Å². The van der Waals surface area contributed by atoms with Crippen molar-refractivity contribution in [3.63, 3.8) is 0 Å². The molecule has 4 rings (SSSR count). The molecule has 2 fully saturated rings. The lowest BCUT2D eigenvalue weighted by Crippen LogP contribution is -2.35. The summed E-state index contributed by atoms with van der Waals surface area (Å²) in [4.78, 5) is 9.19. The molecular weight excluding hydrogens is 318 g/mol. The fourth-order valence-electron chi connectivity index (χ4n) is 3.68. The lowest BCUT2D eigenvalue weighted by atomic mass is 10.2. The van der Waals surface area contributed by atoms with Gasteiger partial charge in [0.15, 0.2) is 5.82 Å². The summed E-state index contributed by atoms with van der Waals surface area (Å²) < 4.78 is 7.52. The van der Waals surface area contributed by atoms with Crippen LogP contribution in [0.2, 0.25) is 0 Å². The van der Waals surface area contributed by atoms with E-state index in [1.165, 1.54) is 12.8 Å². The Balaban J connectivity index is 1.36. The molecule has 0 radical (unpaired) electrons. The number of likely N-dealkylation sites (tertiary alicyclic amines) is 1. The minimum Gasteiger partial charge on any atom is -0.338 e. The summed E-state index contributed by atoms with van der Waals surface area (Å²) in [6.45, 7) is 6.88. The summed E-state index contributed by atoms with van der Waals surface area (Å²) in [5.41, 5.74) is 0. The van der Waals surface area contributed by atoms with Gasteiger partial charge in [0.1, 0.15) is 11.6 Å². The molecule has 0 aromatic carbocycles. The summed E-state index contributed by atoms with van der Waals surface area (Å²) in [6.07, 6.45) is 3.65. The van der Waals surface area contributed by atoms with Crippen molar-refractivity contribution >= 4 is 0 Å². The summed E-state index contributed by atoms with van der Waals surface area (Å²) >= 11 is 0. The second-order valence-electron chi connectivity index (χ2n) is 7.52. The van der Waals surface area contributed by atoms with Crippen LogP contribution in [0, 0.1) is 6.92 Å². The van der Waals surface area contributed by atoms with Gasteiger partial charge in [0.25, 0.3) is 0 Å². The summed E-state index contributed by atoms with van der Waals surface area (Å²) in [7, 11) is 4.28. The van der Waals surface area contributed by atoms with E-state index in [1.54, 1.807) is 0 Å². The lowest BCUT2D eigenvalue weighted by Gasteiger charge is -2.25. The average Bonchev–Trinajstić information content (AvgIpc) is 2.99. The van der Waals surface area contributed by atoms with Crippen molar-refractivity contribution in [2.45, 2.75) is 57.7 Å². The van der Waals surface area contributed by atoms with Crippen LogP contribution < -0.4 is 0 Å². The SMILES string of the molecule is Cc1noc(C(C)N2CCC(N(C)Cc3nnc(C4CC4)n3C)C2)n1. The van der Waals surface area contributed by atoms with E-state index in [0.29, 0.717) is 23.7 Å². The molecule has 2 unspecified atom stereocenters.